The van der Waals surface area contributed by atoms with E-state index in [0.29, 0.717) is 41.7 Å². The molecule has 11 nitrogen and oxygen atoms in total. The molecule has 0 aliphatic rings. The molecule has 0 atom stereocenters. The summed E-state index contributed by atoms with van der Waals surface area (Å²) in [5, 5.41) is 19.1. The molecule has 0 saturated heterocycles. The fourth-order valence-electron chi connectivity index (χ4n) is 3.55. The number of carbonyl (C=O) groups is 1. The van der Waals surface area contributed by atoms with Crippen molar-refractivity contribution >= 4 is 23.2 Å². The molecule has 3 N–H and O–H groups in total. The number of ether oxygens (including phenoxy) is 2. The van der Waals surface area contributed by atoms with Crippen molar-refractivity contribution in [2.45, 2.75) is 6.92 Å². The summed E-state index contributed by atoms with van der Waals surface area (Å²) in [6, 6.07) is 11.1. The predicted molar refractivity (Wildman–Crippen MR) is 135 cm³/mol. The number of carboxylic acids is 1. The first-order valence-electron chi connectivity index (χ1n) is 11.3. The minimum absolute atomic E-state index is 0.128. The van der Waals surface area contributed by atoms with Crippen molar-refractivity contribution in [3.8, 4) is 34.0 Å². The molecule has 11 heteroatoms. The Bertz CT molecular complexity index is 1470. The van der Waals surface area contributed by atoms with E-state index in [2.05, 4.69) is 25.4 Å². The van der Waals surface area contributed by atoms with Gasteiger partial charge in [0.1, 0.15) is 23.9 Å². The van der Waals surface area contributed by atoms with Crippen molar-refractivity contribution in [2.24, 2.45) is 0 Å². The van der Waals surface area contributed by atoms with E-state index in [0.717, 1.165) is 23.7 Å². The summed E-state index contributed by atoms with van der Waals surface area (Å²) < 4.78 is 11.8. The maximum absolute atomic E-state index is 12.4. The summed E-state index contributed by atoms with van der Waals surface area (Å²) in [6.45, 7) is 3.45. The molecule has 0 saturated carbocycles. The van der Waals surface area contributed by atoms with Gasteiger partial charge in [-0.15, -0.1) is 5.10 Å². The van der Waals surface area contributed by atoms with Gasteiger partial charge in [0.2, 0.25) is 0 Å². The summed E-state index contributed by atoms with van der Waals surface area (Å²) in [6.07, 6.45) is 2.59. The van der Waals surface area contributed by atoms with Crippen LogP contribution in [0.1, 0.15) is 12.5 Å². The highest BCUT2D eigenvalue weighted by atomic mass is 16.5. The van der Waals surface area contributed by atoms with Gasteiger partial charge in [-0.3, -0.25) is 4.79 Å². The number of H-pyrrole nitrogens is 2. The van der Waals surface area contributed by atoms with E-state index in [-0.39, 0.29) is 11.2 Å². The minimum atomic E-state index is -1.05. The lowest BCUT2D eigenvalue weighted by Crippen LogP contribution is -2.19. The molecule has 4 aromatic rings. The largest absolute Gasteiger partial charge is 0.493 e. The van der Waals surface area contributed by atoms with Crippen LogP contribution < -0.4 is 15.0 Å². The van der Waals surface area contributed by atoms with Gasteiger partial charge in [0, 0.05) is 18.2 Å². The number of rotatable bonds is 10. The molecule has 0 aliphatic heterocycles. The van der Waals surface area contributed by atoms with E-state index < -0.39 is 11.5 Å². The Hall–Kier alpha value is -4.51. The third-order valence-electron chi connectivity index (χ3n) is 5.28. The lowest BCUT2D eigenvalue weighted by Gasteiger charge is -2.15. The molecule has 2 heterocycles. The molecule has 0 bridgehead atoms. The lowest BCUT2D eigenvalue weighted by atomic mass is 10.00. The van der Waals surface area contributed by atoms with Gasteiger partial charge in [-0.25, -0.2) is 14.9 Å². The van der Waals surface area contributed by atoms with Crippen molar-refractivity contribution in [1.82, 2.24) is 30.3 Å². The second-order valence-electron chi connectivity index (χ2n) is 8.14. The Morgan fingerprint density at radius 3 is 2.64 bits per heavy atom. The number of carboxylic acid groups (broad SMARTS) is 1. The van der Waals surface area contributed by atoms with Crippen molar-refractivity contribution < 1.29 is 19.4 Å². The fraction of sp³-hybridized carbons (Fsp3) is 0.240. The molecule has 0 aliphatic carbocycles. The number of aromatic amines is 2. The maximum atomic E-state index is 12.4. The number of benzene rings is 2. The van der Waals surface area contributed by atoms with Gasteiger partial charge < -0.3 is 24.5 Å². The normalized spacial score (nSPS) is 11.4. The van der Waals surface area contributed by atoms with Crippen LogP contribution in [0.3, 0.4) is 0 Å². The topological polar surface area (TPSA) is 146 Å². The number of likely N-dealkylation sites (N-methyl/N-ethyl adjacent to an activating group) is 1. The van der Waals surface area contributed by atoms with Crippen molar-refractivity contribution in [1.29, 1.82) is 0 Å². The van der Waals surface area contributed by atoms with Crippen LogP contribution in [0, 0.1) is 0 Å². The van der Waals surface area contributed by atoms with Crippen molar-refractivity contribution in [3.63, 3.8) is 0 Å². The highest BCUT2D eigenvalue weighted by molar-refractivity contribution is 5.86. The van der Waals surface area contributed by atoms with Crippen LogP contribution in [0.15, 0.2) is 47.3 Å². The molecule has 4 rings (SSSR count). The van der Waals surface area contributed by atoms with Crippen LogP contribution in [0.25, 0.3) is 39.8 Å². The first kappa shape index (κ1) is 24.6. The molecule has 0 spiro atoms. The highest BCUT2D eigenvalue weighted by Crippen LogP contribution is 2.34. The summed E-state index contributed by atoms with van der Waals surface area (Å²) in [7, 11) is 3.90. The number of nitrogens with zero attached hydrogens (tertiary/aromatic N) is 4. The summed E-state index contributed by atoms with van der Waals surface area (Å²) in [4.78, 5) is 32.6. The van der Waals surface area contributed by atoms with Gasteiger partial charge >= 0.3 is 5.97 Å². The Labute approximate surface area is 206 Å². The second-order valence-corrected chi connectivity index (χ2v) is 8.14. The summed E-state index contributed by atoms with van der Waals surface area (Å²) in [5.74, 6) is 0.388. The average molecular weight is 491 g/mol. The van der Waals surface area contributed by atoms with Gasteiger partial charge in [0.15, 0.2) is 11.2 Å². The fourth-order valence-corrected chi connectivity index (χ4v) is 3.55. The van der Waals surface area contributed by atoms with Gasteiger partial charge in [0.05, 0.1) is 12.2 Å². The zero-order valence-electron chi connectivity index (χ0n) is 20.1. The predicted octanol–water partition coefficient (Wildman–Crippen LogP) is 2.81. The molecule has 36 heavy (non-hydrogen) atoms. The maximum Gasteiger partial charge on any atom is 0.328 e. The number of aromatic nitrogens is 5. The summed E-state index contributed by atoms with van der Waals surface area (Å²) in [5.41, 5.74) is 2.90. The Kier molecular flexibility index (Phi) is 7.40. The number of nitrogens with one attached hydrogen (secondary N) is 2. The van der Waals surface area contributed by atoms with Crippen molar-refractivity contribution in [2.75, 3.05) is 33.9 Å². The monoisotopic (exact) mass is 490 g/mol. The van der Waals surface area contributed by atoms with Gasteiger partial charge in [0.25, 0.3) is 5.56 Å². The number of hydrogen-bond acceptors (Lipinski definition) is 8. The Morgan fingerprint density at radius 1 is 1.11 bits per heavy atom. The SMILES string of the molecule is CCOc1cc(-c2ccc(OCCN(C)C)c(C=CC(=O)O)c2)ccc1-c1nc2[nH]nnc2c(=O)[nH]1. The minimum Gasteiger partial charge on any atom is -0.493 e. The van der Waals surface area contributed by atoms with Crippen LogP contribution in [0.4, 0.5) is 0 Å². The lowest BCUT2D eigenvalue weighted by molar-refractivity contribution is -0.131. The molecule has 0 unspecified atom stereocenters. The molecular formula is C25H26N6O5. The smallest absolute Gasteiger partial charge is 0.328 e. The van der Waals surface area contributed by atoms with Crippen molar-refractivity contribution in [3.05, 3.63) is 58.4 Å². The van der Waals surface area contributed by atoms with Crippen LogP contribution in [-0.4, -0.2) is 75.2 Å². The Morgan fingerprint density at radius 2 is 1.89 bits per heavy atom. The summed E-state index contributed by atoms with van der Waals surface area (Å²) >= 11 is 0. The Balaban J connectivity index is 1.73. The number of aliphatic carboxylic acids is 1. The molecule has 186 valence electrons. The molecule has 0 radical (unpaired) electrons. The number of hydrogen-bond donors (Lipinski definition) is 3. The van der Waals surface area contributed by atoms with Crippen LogP contribution >= 0.6 is 0 Å². The van der Waals surface area contributed by atoms with E-state index in [9.17, 15) is 9.59 Å². The van der Waals surface area contributed by atoms with Crippen LogP contribution in [-0.2, 0) is 4.79 Å². The van der Waals surface area contributed by atoms with E-state index >= 15 is 0 Å². The second kappa shape index (κ2) is 10.8. The van der Waals surface area contributed by atoms with Crippen LogP contribution in [0.2, 0.25) is 0 Å². The quantitative estimate of drug-likeness (QED) is 0.286. The third kappa shape index (κ3) is 5.58. The first-order chi connectivity index (χ1) is 17.4. The molecule has 0 amide bonds. The van der Waals surface area contributed by atoms with E-state index in [1.165, 1.54) is 6.08 Å². The molecule has 0 fully saturated rings. The molecule has 2 aromatic heterocycles. The standard InChI is InChI=1S/C25H26N6O5/c1-4-35-20-14-16(5-8-18(20)23-26-24-22(25(34)27-23)28-30-29-24)15-6-9-19(36-12-11-31(2)3)17(13-15)7-10-21(32)33/h5-10,13-14H,4,11-12H2,1-3H3,(H,32,33)(H2,26,27,28,29,30,34). The zero-order chi connectivity index (χ0) is 25.7. The van der Waals surface area contributed by atoms with Gasteiger partial charge in [-0.1, -0.05) is 17.3 Å². The molecule has 2 aromatic carbocycles. The van der Waals surface area contributed by atoms with E-state index in [1.807, 2.05) is 62.3 Å². The highest BCUT2D eigenvalue weighted by Gasteiger charge is 2.15. The third-order valence-corrected chi connectivity index (χ3v) is 5.28. The molecular weight excluding hydrogens is 464 g/mol. The van der Waals surface area contributed by atoms with Gasteiger partial charge in [-0.05, 0) is 62.5 Å². The van der Waals surface area contributed by atoms with E-state index in [1.54, 1.807) is 0 Å². The average Bonchev–Trinajstić information content (AvgIpc) is 3.32. The zero-order valence-corrected chi connectivity index (χ0v) is 20.1. The van der Waals surface area contributed by atoms with E-state index in [4.69, 9.17) is 14.6 Å². The van der Waals surface area contributed by atoms with Crippen LogP contribution in [0.5, 0.6) is 11.5 Å². The van der Waals surface area contributed by atoms with Gasteiger partial charge in [-0.2, -0.15) is 0 Å². The number of fused-ring (bicyclic) bond motifs is 1. The first-order valence-corrected chi connectivity index (χ1v) is 11.3.